The fourth-order valence-electron chi connectivity index (χ4n) is 1.29. The van der Waals surface area contributed by atoms with Crippen LogP contribution in [0.4, 0.5) is 0 Å². The Labute approximate surface area is 92.8 Å². The van der Waals surface area contributed by atoms with E-state index in [0.717, 1.165) is 11.3 Å². The molecule has 0 aliphatic carbocycles. The van der Waals surface area contributed by atoms with Gasteiger partial charge in [0.2, 0.25) is 0 Å². The Morgan fingerprint density at radius 1 is 1.40 bits per heavy atom. The predicted molar refractivity (Wildman–Crippen MR) is 59.6 cm³/mol. The number of halogens is 1. The van der Waals surface area contributed by atoms with Crippen molar-refractivity contribution < 1.29 is 4.52 Å². The van der Waals surface area contributed by atoms with Gasteiger partial charge in [-0.1, -0.05) is 28.9 Å². The van der Waals surface area contributed by atoms with Crippen LogP contribution < -0.4 is 5.73 Å². The number of hydrogen-bond acceptors (Lipinski definition) is 3. The van der Waals surface area contributed by atoms with Gasteiger partial charge in [0.1, 0.15) is 5.69 Å². The molecule has 0 aliphatic heterocycles. The summed E-state index contributed by atoms with van der Waals surface area (Å²) in [6.45, 7) is 1.85. The Balaban J connectivity index is 2.37. The van der Waals surface area contributed by atoms with E-state index < -0.39 is 0 Å². The molecule has 3 nitrogen and oxygen atoms in total. The number of benzene rings is 1. The van der Waals surface area contributed by atoms with Crippen molar-refractivity contribution in [2.24, 2.45) is 5.73 Å². The summed E-state index contributed by atoms with van der Waals surface area (Å²) >= 11 is 5.88. The normalized spacial score (nSPS) is 12.7. The van der Waals surface area contributed by atoms with Gasteiger partial charge in [-0.25, -0.2) is 0 Å². The molecule has 1 aromatic heterocycles. The summed E-state index contributed by atoms with van der Waals surface area (Å²) in [6.07, 6.45) is 0. The topological polar surface area (TPSA) is 52.0 Å². The van der Waals surface area contributed by atoms with Crippen LogP contribution in [0.15, 0.2) is 34.9 Å². The van der Waals surface area contributed by atoms with Gasteiger partial charge in [-0.2, -0.15) is 0 Å². The van der Waals surface area contributed by atoms with Crippen LogP contribution in [0.3, 0.4) is 0 Å². The number of aromatic nitrogens is 1. The molecule has 0 fully saturated rings. The highest BCUT2D eigenvalue weighted by Gasteiger charge is 2.09. The zero-order valence-electron chi connectivity index (χ0n) is 8.27. The highest BCUT2D eigenvalue weighted by molar-refractivity contribution is 6.30. The Bertz CT molecular complexity index is 465. The second-order valence-corrected chi connectivity index (χ2v) is 3.85. The van der Waals surface area contributed by atoms with E-state index in [2.05, 4.69) is 5.16 Å². The van der Waals surface area contributed by atoms with E-state index in [0.29, 0.717) is 10.8 Å². The quantitative estimate of drug-likeness (QED) is 0.850. The lowest BCUT2D eigenvalue weighted by Gasteiger charge is -1.95. The summed E-state index contributed by atoms with van der Waals surface area (Å²) in [6, 6.07) is 9.13. The van der Waals surface area contributed by atoms with Gasteiger partial charge in [0.05, 0.1) is 6.04 Å². The molecular formula is C11H11ClN2O. The lowest BCUT2D eigenvalue weighted by atomic mass is 10.1. The van der Waals surface area contributed by atoms with E-state index in [9.17, 15) is 0 Å². The standard InChI is InChI=1S/C11H11ClN2O/c1-7(13)11-6-10(14-15-11)8-3-2-4-9(12)5-8/h2-7H,13H2,1H3. The molecule has 0 saturated heterocycles. The van der Waals surface area contributed by atoms with Gasteiger partial charge < -0.3 is 10.3 Å². The Morgan fingerprint density at radius 3 is 2.80 bits per heavy atom. The fourth-order valence-corrected chi connectivity index (χ4v) is 1.48. The van der Waals surface area contributed by atoms with E-state index in [1.165, 1.54) is 0 Å². The molecule has 0 bridgehead atoms. The van der Waals surface area contributed by atoms with Crippen molar-refractivity contribution in [2.75, 3.05) is 0 Å². The predicted octanol–water partition coefficient (Wildman–Crippen LogP) is 3.01. The smallest absolute Gasteiger partial charge is 0.153 e. The number of nitrogens with two attached hydrogens (primary N) is 1. The minimum Gasteiger partial charge on any atom is -0.359 e. The molecular weight excluding hydrogens is 212 g/mol. The van der Waals surface area contributed by atoms with E-state index >= 15 is 0 Å². The zero-order valence-corrected chi connectivity index (χ0v) is 9.03. The average Bonchev–Trinajstić information content (AvgIpc) is 2.66. The molecule has 0 aliphatic rings. The van der Waals surface area contributed by atoms with Crippen LogP contribution in [0.25, 0.3) is 11.3 Å². The van der Waals surface area contributed by atoms with Crippen LogP contribution in [0, 0.1) is 0 Å². The summed E-state index contributed by atoms with van der Waals surface area (Å²) in [4.78, 5) is 0. The van der Waals surface area contributed by atoms with Crippen LogP contribution in [0.5, 0.6) is 0 Å². The van der Waals surface area contributed by atoms with Crippen LogP contribution in [-0.4, -0.2) is 5.16 Å². The summed E-state index contributed by atoms with van der Waals surface area (Å²) in [7, 11) is 0. The second-order valence-electron chi connectivity index (χ2n) is 3.41. The minimum absolute atomic E-state index is 0.148. The number of nitrogens with zero attached hydrogens (tertiary/aromatic N) is 1. The Hall–Kier alpha value is -1.32. The van der Waals surface area contributed by atoms with Crippen LogP contribution >= 0.6 is 11.6 Å². The van der Waals surface area contributed by atoms with Gasteiger partial charge in [-0.15, -0.1) is 0 Å². The van der Waals surface area contributed by atoms with E-state index in [1.54, 1.807) is 0 Å². The van der Waals surface area contributed by atoms with Crippen molar-refractivity contribution in [2.45, 2.75) is 13.0 Å². The molecule has 1 atom stereocenters. The molecule has 2 aromatic rings. The third-order valence-electron chi connectivity index (χ3n) is 2.10. The SMILES string of the molecule is CC(N)c1cc(-c2cccc(Cl)c2)no1. The van der Waals surface area contributed by atoms with Gasteiger partial charge in [0.25, 0.3) is 0 Å². The molecule has 15 heavy (non-hydrogen) atoms. The average molecular weight is 223 g/mol. The molecule has 2 rings (SSSR count). The first-order valence-corrected chi connectivity index (χ1v) is 5.03. The van der Waals surface area contributed by atoms with Crippen LogP contribution in [0.2, 0.25) is 5.02 Å². The van der Waals surface area contributed by atoms with Crippen molar-refractivity contribution in [3.05, 3.63) is 41.1 Å². The molecule has 0 radical (unpaired) electrons. The molecule has 2 N–H and O–H groups in total. The molecule has 1 heterocycles. The molecule has 78 valence electrons. The maximum atomic E-state index is 5.88. The van der Waals surface area contributed by atoms with Crippen LogP contribution in [0.1, 0.15) is 18.7 Å². The molecule has 1 unspecified atom stereocenters. The maximum absolute atomic E-state index is 5.88. The monoisotopic (exact) mass is 222 g/mol. The summed E-state index contributed by atoms with van der Waals surface area (Å²) in [5.41, 5.74) is 7.36. The van der Waals surface area contributed by atoms with Crippen molar-refractivity contribution in [3.63, 3.8) is 0 Å². The first-order chi connectivity index (χ1) is 7.16. The number of hydrogen-bond donors (Lipinski definition) is 1. The van der Waals surface area contributed by atoms with Crippen molar-refractivity contribution in [1.29, 1.82) is 0 Å². The van der Waals surface area contributed by atoms with Crippen molar-refractivity contribution >= 4 is 11.6 Å². The second kappa shape index (κ2) is 4.04. The summed E-state index contributed by atoms with van der Waals surface area (Å²) < 4.78 is 5.10. The zero-order chi connectivity index (χ0) is 10.8. The van der Waals surface area contributed by atoms with Gasteiger partial charge in [-0.05, 0) is 19.1 Å². The molecule has 0 spiro atoms. The summed E-state index contributed by atoms with van der Waals surface area (Å²) in [5, 5.41) is 4.61. The molecule has 0 saturated carbocycles. The van der Waals surface area contributed by atoms with E-state index in [-0.39, 0.29) is 6.04 Å². The third kappa shape index (κ3) is 2.19. The van der Waals surface area contributed by atoms with Gasteiger partial charge >= 0.3 is 0 Å². The largest absolute Gasteiger partial charge is 0.359 e. The van der Waals surface area contributed by atoms with E-state index in [1.807, 2.05) is 37.3 Å². The first-order valence-electron chi connectivity index (χ1n) is 4.65. The van der Waals surface area contributed by atoms with E-state index in [4.69, 9.17) is 21.9 Å². The Kier molecular flexibility index (Phi) is 2.75. The highest BCUT2D eigenvalue weighted by Crippen LogP contribution is 2.23. The highest BCUT2D eigenvalue weighted by atomic mass is 35.5. The maximum Gasteiger partial charge on any atom is 0.153 e. The fraction of sp³-hybridized carbons (Fsp3) is 0.182. The van der Waals surface area contributed by atoms with Crippen molar-refractivity contribution in [3.8, 4) is 11.3 Å². The third-order valence-corrected chi connectivity index (χ3v) is 2.33. The van der Waals surface area contributed by atoms with Crippen molar-refractivity contribution in [1.82, 2.24) is 5.16 Å². The minimum atomic E-state index is -0.148. The summed E-state index contributed by atoms with van der Waals surface area (Å²) in [5.74, 6) is 0.671. The van der Waals surface area contributed by atoms with Gasteiger partial charge in [0, 0.05) is 16.7 Å². The van der Waals surface area contributed by atoms with Gasteiger partial charge in [0.15, 0.2) is 5.76 Å². The Morgan fingerprint density at radius 2 is 2.20 bits per heavy atom. The molecule has 0 amide bonds. The number of rotatable bonds is 2. The lowest BCUT2D eigenvalue weighted by Crippen LogP contribution is -2.02. The lowest BCUT2D eigenvalue weighted by molar-refractivity contribution is 0.369. The molecule has 4 heteroatoms. The molecule has 1 aromatic carbocycles. The van der Waals surface area contributed by atoms with Gasteiger partial charge in [-0.3, -0.25) is 0 Å². The van der Waals surface area contributed by atoms with Crippen LogP contribution in [-0.2, 0) is 0 Å². The first kappa shape index (κ1) is 10.2.